The Kier molecular flexibility index (Phi) is 137. The Morgan fingerprint density at radius 1 is 1.10 bits per heavy atom. The van der Waals surface area contributed by atoms with E-state index in [9.17, 15) is 0 Å². The molecule has 10 heavy (non-hydrogen) atoms. The van der Waals surface area contributed by atoms with Gasteiger partial charge in [-0.15, -0.1) is 0 Å². The second kappa shape index (κ2) is 45.8. The molecule has 0 fully saturated rings. The quantitative estimate of drug-likeness (QED) is 0.280. The monoisotopic (exact) mass is 166 g/mol. The predicted octanol–water partition coefficient (Wildman–Crippen LogP) is -3.52. The molecule has 0 spiro atoms. The first kappa shape index (κ1) is 29.9. The Bertz CT molecular complexity index is 21.1. The fraction of sp³-hybridized carbons (Fsp3) is 0.714. The Morgan fingerprint density at radius 2 is 1.20 bits per heavy atom. The number of hydrogen-bond acceptors (Lipinski definition) is 0. The largest absolute Gasteiger partial charge is 2.00 e. The summed E-state index contributed by atoms with van der Waals surface area (Å²) in [6, 6.07) is 0. The maximum absolute atomic E-state index is 2.12. The molecule has 0 unspecified atom stereocenters. The number of rotatable bonds is 1. The summed E-state index contributed by atoms with van der Waals surface area (Å²) in [4.78, 5) is 0. The molecule has 0 aromatic heterocycles. The van der Waals surface area contributed by atoms with Crippen LogP contribution in [0.4, 0.5) is 0 Å². The molecule has 3 heteroatoms. The van der Waals surface area contributed by atoms with E-state index in [1.54, 1.807) is 0 Å². The second-order valence-electron chi connectivity index (χ2n) is 1.39. The van der Waals surface area contributed by atoms with Crippen molar-refractivity contribution in [3.8, 4) is 0 Å². The van der Waals surface area contributed by atoms with Crippen LogP contribution in [0.25, 0.3) is 0 Å². The first-order valence-corrected chi connectivity index (χ1v) is 2.85. The normalized spacial score (nSPS) is 4.80. The van der Waals surface area contributed by atoms with Gasteiger partial charge in [0.05, 0.1) is 0 Å². The molecule has 0 rings (SSSR count). The van der Waals surface area contributed by atoms with Gasteiger partial charge < -0.3 is 25.2 Å². The van der Waals surface area contributed by atoms with Gasteiger partial charge in [-0.1, -0.05) is 6.92 Å². The van der Waals surface area contributed by atoms with E-state index in [0.29, 0.717) is 0 Å². The van der Waals surface area contributed by atoms with Crippen LogP contribution in [0.2, 0.25) is 0 Å². The molecule has 0 saturated carbocycles. The Labute approximate surface area is 101 Å². The van der Waals surface area contributed by atoms with Gasteiger partial charge in [0.25, 0.3) is 0 Å². The van der Waals surface area contributed by atoms with Crippen LogP contribution in [0.15, 0.2) is 0 Å². The maximum Gasteiger partial charge on any atom is 2.00 e. The van der Waals surface area contributed by atoms with Crippen molar-refractivity contribution in [2.45, 2.75) is 34.1 Å². The number of hydrogen-bond donors (Lipinski definition) is 0. The van der Waals surface area contributed by atoms with Crippen molar-refractivity contribution in [1.82, 2.24) is 0 Å². The van der Waals surface area contributed by atoms with Gasteiger partial charge in [0.15, 0.2) is 0 Å². The van der Waals surface area contributed by atoms with Gasteiger partial charge in [-0.25, -0.2) is 0 Å². The summed E-state index contributed by atoms with van der Waals surface area (Å²) in [7, 11) is 0. The van der Waals surface area contributed by atoms with E-state index >= 15 is 0 Å². The van der Waals surface area contributed by atoms with E-state index in [1.165, 1.54) is 6.42 Å². The molecule has 0 atom stereocenters. The Balaban J connectivity index is -0.0000000131. The zero-order valence-corrected chi connectivity index (χ0v) is 10.1. The molecule has 0 aliphatic heterocycles. The smallest absolute Gasteiger partial charge is 1.00 e. The van der Waals surface area contributed by atoms with Crippen molar-refractivity contribution in [2.75, 3.05) is 0 Å². The SMILES string of the molecule is C[CH-]C.C[CH-]CC.[Cl-].[Li+].[Mg+2]. The van der Waals surface area contributed by atoms with Gasteiger partial charge >= 0.3 is 41.9 Å². The minimum absolute atomic E-state index is 0. The average Bonchev–Trinajstić information content (AvgIpc) is 1.69. The summed E-state index contributed by atoms with van der Waals surface area (Å²) in [5.74, 6) is 0. The summed E-state index contributed by atoms with van der Waals surface area (Å²) in [5, 5.41) is 0. The minimum atomic E-state index is 0. The molecule has 0 amide bonds. The van der Waals surface area contributed by atoms with Crippen LogP contribution in [-0.2, 0) is 0 Å². The van der Waals surface area contributed by atoms with Gasteiger partial charge in [0.2, 0.25) is 0 Å². The van der Waals surface area contributed by atoms with Crippen molar-refractivity contribution in [2.24, 2.45) is 0 Å². The van der Waals surface area contributed by atoms with Crippen molar-refractivity contribution >= 4 is 23.1 Å². The molecule has 0 N–H and O–H groups in total. The van der Waals surface area contributed by atoms with Crippen LogP contribution in [-0.4, -0.2) is 23.1 Å². The molecular formula is C7H16ClLiMg. The van der Waals surface area contributed by atoms with E-state index < -0.39 is 0 Å². The molecule has 0 aromatic carbocycles. The van der Waals surface area contributed by atoms with Crippen molar-refractivity contribution < 1.29 is 31.3 Å². The van der Waals surface area contributed by atoms with E-state index in [4.69, 9.17) is 0 Å². The third-order valence-corrected chi connectivity index (χ3v) is 0.408. The summed E-state index contributed by atoms with van der Waals surface area (Å²) in [5.41, 5.74) is 0. The fourth-order valence-corrected chi connectivity index (χ4v) is 0. The molecule has 0 aliphatic rings. The minimum Gasteiger partial charge on any atom is -1.00 e. The Morgan fingerprint density at radius 3 is 1.20 bits per heavy atom. The molecule has 0 saturated heterocycles. The summed E-state index contributed by atoms with van der Waals surface area (Å²) < 4.78 is 0. The van der Waals surface area contributed by atoms with Crippen LogP contribution in [0, 0.1) is 12.8 Å². The van der Waals surface area contributed by atoms with Crippen LogP contribution in [0.5, 0.6) is 0 Å². The van der Waals surface area contributed by atoms with Crippen LogP contribution >= 0.6 is 0 Å². The molecule has 0 heterocycles. The fourth-order valence-electron chi connectivity index (χ4n) is 0. The van der Waals surface area contributed by atoms with Gasteiger partial charge in [-0.2, -0.15) is 27.2 Å². The van der Waals surface area contributed by atoms with Gasteiger partial charge in [-0.3, -0.25) is 0 Å². The third kappa shape index (κ3) is 103. The third-order valence-electron chi connectivity index (χ3n) is 0.408. The van der Waals surface area contributed by atoms with E-state index in [-0.39, 0.29) is 54.3 Å². The van der Waals surface area contributed by atoms with Crippen LogP contribution < -0.4 is 31.3 Å². The van der Waals surface area contributed by atoms with E-state index in [1.807, 2.05) is 20.3 Å². The molecule has 0 bridgehead atoms. The average molecular weight is 167 g/mol. The molecule has 0 aliphatic carbocycles. The first-order chi connectivity index (χ1) is 3.33. The first-order valence-electron chi connectivity index (χ1n) is 2.85. The summed E-state index contributed by atoms with van der Waals surface area (Å²) in [6.07, 6.45) is 5.32. The van der Waals surface area contributed by atoms with Gasteiger partial charge in [0.1, 0.15) is 0 Å². The van der Waals surface area contributed by atoms with Crippen LogP contribution in [0.3, 0.4) is 0 Å². The molecule has 54 valence electrons. The summed E-state index contributed by atoms with van der Waals surface area (Å²) >= 11 is 0. The number of halogens is 1. The molecule has 0 radical (unpaired) electrons. The van der Waals surface area contributed by atoms with E-state index in [2.05, 4.69) is 20.3 Å². The molecule has 0 nitrogen and oxygen atoms in total. The molecular weight excluding hydrogens is 151 g/mol. The maximum atomic E-state index is 2.12. The van der Waals surface area contributed by atoms with Gasteiger partial charge in [-0.05, 0) is 0 Å². The van der Waals surface area contributed by atoms with Crippen molar-refractivity contribution in [1.29, 1.82) is 0 Å². The number of unbranched alkanes of at least 4 members (excludes halogenated alkanes) is 1. The predicted molar refractivity (Wildman–Crippen MR) is 41.7 cm³/mol. The molecule has 0 aromatic rings. The van der Waals surface area contributed by atoms with E-state index in [0.717, 1.165) is 0 Å². The van der Waals surface area contributed by atoms with Crippen molar-refractivity contribution in [3.63, 3.8) is 0 Å². The topological polar surface area (TPSA) is 0 Å². The van der Waals surface area contributed by atoms with Crippen LogP contribution in [0.1, 0.15) is 34.1 Å². The van der Waals surface area contributed by atoms with Crippen molar-refractivity contribution in [3.05, 3.63) is 12.8 Å². The zero-order chi connectivity index (χ0) is 6.12. The summed E-state index contributed by atoms with van der Waals surface area (Å²) in [6.45, 7) is 8.18. The zero-order valence-electron chi connectivity index (χ0n) is 7.95. The standard InChI is InChI=1S/C4H9.C3H7.ClH.Li.Mg/c1-3-4-2;1-3-2;;;/h3H,4H2,1-2H3;3H,1-2H3;1H;;/q2*-1;;+1;+2/p-1. The Hall–Kier alpha value is 1.65. The second-order valence-corrected chi connectivity index (χ2v) is 1.39. The van der Waals surface area contributed by atoms with Gasteiger partial charge in [0, 0.05) is 0 Å².